The molecule has 0 saturated carbocycles. The molecule has 0 aromatic carbocycles. The lowest BCUT2D eigenvalue weighted by Crippen LogP contribution is -2.44. The molecule has 2 rings (SSSR count). The number of oxime groups is 1. The number of esters is 1. The average Bonchev–Trinajstić information content (AvgIpc) is 2.61. The fourth-order valence-corrected chi connectivity index (χ4v) is 2.49. The number of hydrogen-bond acceptors (Lipinski definition) is 8. The molecule has 1 aliphatic heterocycles. The molecule has 2 heterocycles. The van der Waals surface area contributed by atoms with Crippen LogP contribution < -0.4 is 5.32 Å². The highest BCUT2D eigenvalue weighted by Crippen LogP contribution is 2.16. The molecule has 0 radical (unpaired) electrons. The third-order valence-corrected chi connectivity index (χ3v) is 3.73. The van der Waals surface area contributed by atoms with Gasteiger partial charge in [0.15, 0.2) is 5.69 Å². The van der Waals surface area contributed by atoms with Gasteiger partial charge in [-0.1, -0.05) is 5.16 Å². The molecule has 24 heavy (non-hydrogen) atoms. The lowest BCUT2D eigenvalue weighted by atomic mass is 10.0. The molecule has 130 valence electrons. The topological polar surface area (TPSA) is 106 Å². The van der Waals surface area contributed by atoms with Crippen LogP contribution in [0.5, 0.6) is 0 Å². The summed E-state index contributed by atoms with van der Waals surface area (Å²) in [6, 6.07) is 1.72. The largest absolute Gasteiger partial charge is 0.464 e. The molecule has 0 aliphatic carbocycles. The summed E-state index contributed by atoms with van der Waals surface area (Å²) in [5, 5.41) is 6.93. The Kier molecular flexibility index (Phi) is 6.05. The lowest BCUT2D eigenvalue weighted by molar-refractivity contribution is -0.125. The molecule has 1 fully saturated rings. The van der Waals surface area contributed by atoms with Crippen LogP contribution in [0.4, 0.5) is 5.82 Å². The van der Waals surface area contributed by atoms with Gasteiger partial charge in [0.05, 0.1) is 7.11 Å². The number of nitrogens with one attached hydrogen (secondary N) is 1. The summed E-state index contributed by atoms with van der Waals surface area (Å²) < 4.78 is 4.64. The van der Waals surface area contributed by atoms with Crippen LogP contribution in [0.2, 0.25) is 0 Å². The van der Waals surface area contributed by atoms with Crippen LogP contribution in [0, 0.1) is 0 Å². The Hall–Kier alpha value is -2.71. The van der Waals surface area contributed by atoms with E-state index in [-0.39, 0.29) is 17.6 Å². The molecule has 0 spiro atoms. The predicted octanol–water partition coefficient (Wildman–Crippen LogP) is 0.688. The van der Waals surface area contributed by atoms with Gasteiger partial charge in [0.1, 0.15) is 25.0 Å². The van der Waals surface area contributed by atoms with Crippen molar-refractivity contribution in [1.29, 1.82) is 0 Å². The molecular formula is C15H21N5O4. The van der Waals surface area contributed by atoms with Gasteiger partial charge in [-0.25, -0.2) is 14.8 Å². The Morgan fingerprint density at radius 2 is 2.00 bits per heavy atom. The quantitative estimate of drug-likeness (QED) is 0.479. The first-order chi connectivity index (χ1) is 11.5. The number of piperidine rings is 1. The normalized spacial score (nSPS) is 15.8. The Morgan fingerprint density at radius 1 is 1.29 bits per heavy atom. The van der Waals surface area contributed by atoms with Crippen LogP contribution in [-0.4, -0.2) is 65.8 Å². The first-order valence-electron chi connectivity index (χ1n) is 7.59. The number of aromatic nitrogens is 2. The van der Waals surface area contributed by atoms with Crippen molar-refractivity contribution >= 4 is 23.4 Å². The van der Waals surface area contributed by atoms with Gasteiger partial charge in [0.25, 0.3) is 5.91 Å². The second-order valence-electron chi connectivity index (χ2n) is 5.35. The third-order valence-electron chi connectivity index (χ3n) is 3.73. The van der Waals surface area contributed by atoms with Gasteiger partial charge in [-0.3, -0.25) is 4.79 Å². The molecule has 0 atom stereocenters. The minimum atomic E-state index is -0.506. The zero-order valence-corrected chi connectivity index (χ0v) is 14.0. The van der Waals surface area contributed by atoms with Gasteiger partial charge in [0.2, 0.25) is 0 Å². The molecular weight excluding hydrogens is 314 g/mol. The lowest BCUT2D eigenvalue weighted by Gasteiger charge is -2.32. The zero-order chi connectivity index (χ0) is 17.5. The monoisotopic (exact) mass is 335 g/mol. The van der Waals surface area contributed by atoms with Gasteiger partial charge >= 0.3 is 5.97 Å². The third kappa shape index (κ3) is 4.40. The maximum Gasteiger partial charge on any atom is 0.356 e. The van der Waals surface area contributed by atoms with E-state index in [9.17, 15) is 9.59 Å². The van der Waals surface area contributed by atoms with Crippen LogP contribution in [0.15, 0.2) is 17.5 Å². The summed E-state index contributed by atoms with van der Waals surface area (Å²) in [4.78, 5) is 38.0. The summed E-state index contributed by atoms with van der Waals surface area (Å²) >= 11 is 0. The summed E-state index contributed by atoms with van der Waals surface area (Å²) in [6.07, 6.45) is 2.85. The summed E-state index contributed by atoms with van der Waals surface area (Å²) in [5.74, 6) is -0.0635. The van der Waals surface area contributed by atoms with Crippen molar-refractivity contribution in [3.8, 4) is 0 Å². The number of carbonyl (C=O) groups is 2. The molecule has 1 saturated heterocycles. The number of ether oxygens (including phenoxy) is 1. The standard InChI is InChI=1S/C15H21N5O4/c1-10(19-24-3)14(21)20-6-4-11(5-7-20)18-13-8-12(15(22)23-2)16-9-17-13/h8-9,11H,4-7H2,1-3H3,(H,16,17,18). The number of nitrogens with zero attached hydrogens (tertiary/aromatic N) is 4. The highest BCUT2D eigenvalue weighted by Gasteiger charge is 2.24. The van der Waals surface area contributed by atoms with Crippen molar-refractivity contribution in [3.05, 3.63) is 18.1 Å². The molecule has 0 unspecified atom stereocenters. The molecule has 1 aromatic heterocycles. The van der Waals surface area contributed by atoms with Crippen LogP contribution in [0.1, 0.15) is 30.3 Å². The van der Waals surface area contributed by atoms with E-state index < -0.39 is 5.97 Å². The van der Waals surface area contributed by atoms with E-state index >= 15 is 0 Å². The number of likely N-dealkylation sites (tertiary alicyclic amines) is 1. The van der Waals surface area contributed by atoms with E-state index in [1.54, 1.807) is 17.9 Å². The van der Waals surface area contributed by atoms with Gasteiger partial charge < -0.3 is 19.8 Å². The summed E-state index contributed by atoms with van der Waals surface area (Å²) in [7, 11) is 2.72. The second kappa shape index (κ2) is 8.23. The minimum Gasteiger partial charge on any atom is -0.464 e. The van der Waals surface area contributed by atoms with Crippen LogP contribution >= 0.6 is 0 Å². The molecule has 9 heteroatoms. The number of anilines is 1. The van der Waals surface area contributed by atoms with Crippen LogP contribution in [0.25, 0.3) is 0 Å². The van der Waals surface area contributed by atoms with Crippen molar-refractivity contribution in [1.82, 2.24) is 14.9 Å². The SMILES string of the molecule is CON=C(C)C(=O)N1CCC(Nc2cc(C(=O)OC)ncn2)CC1. The maximum atomic E-state index is 12.1. The number of hydrogen-bond donors (Lipinski definition) is 1. The van der Waals surface area contributed by atoms with Gasteiger partial charge in [-0.05, 0) is 19.8 Å². The highest BCUT2D eigenvalue weighted by atomic mass is 16.6. The molecule has 1 N–H and O–H groups in total. The fourth-order valence-electron chi connectivity index (χ4n) is 2.49. The van der Waals surface area contributed by atoms with E-state index in [1.165, 1.54) is 20.5 Å². The molecule has 1 amide bonds. The molecule has 1 aromatic rings. The minimum absolute atomic E-state index is 0.120. The average molecular weight is 335 g/mol. The second-order valence-corrected chi connectivity index (χ2v) is 5.35. The zero-order valence-electron chi connectivity index (χ0n) is 14.0. The first kappa shape index (κ1) is 17.6. The van der Waals surface area contributed by atoms with Crippen molar-refractivity contribution in [2.45, 2.75) is 25.8 Å². The van der Waals surface area contributed by atoms with Crippen molar-refractivity contribution in [3.63, 3.8) is 0 Å². The van der Waals surface area contributed by atoms with E-state index in [1.807, 2.05) is 0 Å². The Labute approximate surface area is 140 Å². The van der Waals surface area contributed by atoms with Crippen molar-refractivity contribution < 1.29 is 19.2 Å². The number of rotatable bonds is 5. The fraction of sp³-hybridized carbons (Fsp3) is 0.533. The Balaban J connectivity index is 1.90. The summed E-state index contributed by atoms with van der Waals surface area (Å²) in [5.41, 5.74) is 0.538. The van der Waals surface area contributed by atoms with Crippen LogP contribution in [-0.2, 0) is 14.4 Å². The van der Waals surface area contributed by atoms with Crippen molar-refractivity contribution in [2.24, 2.45) is 5.16 Å². The maximum absolute atomic E-state index is 12.1. The smallest absolute Gasteiger partial charge is 0.356 e. The van der Waals surface area contributed by atoms with E-state index in [4.69, 9.17) is 0 Å². The van der Waals surface area contributed by atoms with Crippen LogP contribution in [0.3, 0.4) is 0 Å². The van der Waals surface area contributed by atoms with Gasteiger partial charge in [0, 0.05) is 25.2 Å². The number of methoxy groups -OCH3 is 1. The summed E-state index contributed by atoms with van der Waals surface area (Å²) in [6.45, 7) is 2.86. The highest BCUT2D eigenvalue weighted by molar-refractivity contribution is 6.37. The van der Waals surface area contributed by atoms with E-state index in [2.05, 4.69) is 30.0 Å². The van der Waals surface area contributed by atoms with Crippen molar-refractivity contribution in [2.75, 3.05) is 32.6 Å². The van der Waals surface area contributed by atoms with Gasteiger partial charge in [-0.15, -0.1) is 0 Å². The number of carbonyl (C=O) groups excluding carboxylic acids is 2. The molecule has 0 bridgehead atoms. The van der Waals surface area contributed by atoms with E-state index in [0.29, 0.717) is 24.6 Å². The Bertz CT molecular complexity index is 626. The van der Waals surface area contributed by atoms with Gasteiger partial charge in [-0.2, -0.15) is 0 Å². The first-order valence-corrected chi connectivity index (χ1v) is 7.59. The Morgan fingerprint density at radius 3 is 2.62 bits per heavy atom. The molecule has 1 aliphatic rings. The number of amides is 1. The van der Waals surface area contributed by atoms with E-state index in [0.717, 1.165) is 12.8 Å². The molecule has 9 nitrogen and oxygen atoms in total. The predicted molar refractivity (Wildman–Crippen MR) is 86.7 cm³/mol.